The highest BCUT2D eigenvalue weighted by Crippen LogP contribution is 2.29. The van der Waals surface area contributed by atoms with Crippen LogP contribution in [0.5, 0.6) is 11.6 Å². The summed E-state index contributed by atoms with van der Waals surface area (Å²) in [7, 11) is 1.75. The number of anilines is 1. The lowest BCUT2D eigenvalue weighted by atomic mass is 10.3. The molecule has 0 radical (unpaired) electrons. The average molecular weight is 298 g/mol. The Bertz CT molecular complexity index is 536. The van der Waals surface area contributed by atoms with Gasteiger partial charge in [-0.1, -0.05) is 0 Å². The Morgan fingerprint density at radius 1 is 1.29 bits per heavy atom. The van der Waals surface area contributed by atoms with Crippen molar-refractivity contribution in [3.63, 3.8) is 0 Å². The Hall–Kier alpha value is -1.69. The quantitative estimate of drug-likeness (QED) is 0.945. The van der Waals surface area contributed by atoms with Crippen LogP contribution in [-0.4, -0.2) is 17.0 Å². The van der Waals surface area contributed by atoms with E-state index < -0.39 is 0 Å². The second-order valence-electron chi connectivity index (χ2n) is 3.17. The van der Waals surface area contributed by atoms with Gasteiger partial charge in [0.05, 0.1) is 4.47 Å². The first kappa shape index (κ1) is 11.8. The van der Waals surface area contributed by atoms with Crippen LogP contribution < -0.4 is 10.1 Å². The van der Waals surface area contributed by atoms with Crippen LogP contribution in [0.15, 0.2) is 35.1 Å². The van der Waals surface area contributed by atoms with Crippen molar-refractivity contribution >= 4 is 21.7 Å². The molecule has 0 saturated heterocycles. The van der Waals surface area contributed by atoms with Gasteiger partial charge in [-0.3, -0.25) is 0 Å². The SMILES string of the molecule is CNc1cc(Oc2ccc(F)cc2Br)ncn1. The monoisotopic (exact) mass is 297 g/mol. The maximum Gasteiger partial charge on any atom is 0.224 e. The summed E-state index contributed by atoms with van der Waals surface area (Å²) in [6.45, 7) is 0. The lowest BCUT2D eigenvalue weighted by Crippen LogP contribution is -1.95. The van der Waals surface area contributed by atoms with E-state index in [4.69, 9.17) is 4.74 Å². The first-order valence-corrected chi connectivity index (χ1v) is 5.61. The van der Waals surface area contributed by atoms with E-state index in [-0.39, 0.29) is 5.82 Å². The molecule has 2 aromatic rings. The standard InChI is InChI=1S/C11H9BrFN3O/c1-14-10-5-11(16-6-15-10)17-9-3-2-7(13)4-8(9)12/h2-6H,1H3,(H,14,15,16). The normalized spacial score (nSPS) is 10.1. The van der Waals surface area contributed by atoms with Gasteiger partial charge in [0.2, 0.25) is 5.88 Å². The van der Waals surface area contributed by atoms with E-state index in [9.17, 15) is 4.39 Å². The van der Waals surface area contributed by atoms with E-state index in [2.05, 4.69) is 31.2 Å². The predicted octanol–water partition coefficient (Wildman–Crippen LogP) is 3.21. The first-order chi connectivity index (χ1) is 8.19. The molecule has 88 valence electrons. The minimum Gasteiger partial charge on any atom is -0.438 e. The van der Waals surface area contributed by atoms with E-state index in [0.29, 0.717) is 21.9 Å². The van der Waals surface area contributed by atoms with Crippen LogP contribution in [0.25, 0.3) is 0 Å². The molecule has 0 bridgehead atoms. The second kappa shape index (κ2) is 5.09. The van der Waals surface area contributed by atoms with E-state index >= 15 is 0 Å². The zero-order valence-corrected chi connectivity index (χ0v) is 10.5. The van der Waals surface area contributed by atoms with E-state index in [1.54, 1.807) is 13.1 Å². The number of nitrogens with one attached hydrogen (secondary N) is 1. The number of hydrogen-bond acceptors (Lipinski definition) is 4. The van der Waals surface area contributed by atoms with Crippen LogP contribution >= 0.6 is 15.9 Å². The molecule has 6 heteroatoms. The van der Waals surface area contributed by atoms with Gasteiger partial charge in [0.15, 0.2) is 0 Å². The number of benzene rings is 1. The summed E-state index contributed by atoms with van der Waals surface area (Å²) >= 11 is 3.22. The Kier molecular flexibility index (Phi) is 3.53. The summed E-state index contributed by atoms with van der Waals surface area (Å²) in [6, 6.07) is 5.83. The third kappa shape index (κ3) is 2.91. The molecule has 0 fully saturated rings. The number of nitrogens with zero attached hydrogens (tertiary/aromatic N) is 2. The van der Waals surface area contributed by atoms with Crippen molar-refractivity contribution in [2.45, 2.75) is 0 Å². The Balaban J connectivity index is 2.25. The van der Waals surface area contributed by atoms with Crippen LogP contribution in [0.3, 0.4) is 0 Å². The summed E-state index contributed by atoms with van der Waals surface area (Å²) in [5, 5.41) is 2.87. The van der Waals surface area contributed by atoms with Gasteiger partial charge < -0.3 is 10.1 Å². The molecule has 0 atom stereocenters. The Morgan fingerprint density at radius 2 is 2.12 bits per heavy atom. The van der Waals surface area contributed by atoms with Crippen molar-refractivity contribution < 1.29 is 9.13 Å². The molecule has 17 heavy (non-hydrogen) atoms. The minimum atomic E-state index is -0.331. The summed E-state index contributed by atoms with van der Waals surface area (Å²) < 4.78 is 18.9. The molecule has 4 nitrogen and oxygen atoms in total. The van der Waals surface area contributed by atoms with Gasteiger partial charge in [-0.25, -0.2) is 14.4 Å². The van der Waals surface area contributed by atoms with Gasteiger partial charge in [0, 0.05) is 13.1 Å². The van der Waals surface area contributed by atoms with Crippen LogP contribution in [-0.2, 0) is 0 Å². The molecule has 0 saturated carbocycles. The molecular weight excluding hydrogens is 289 g/mol. The van der Waals surface area contributed by atoms with Gasteiger partial charge in [0.25, 0.3) is 0 Å². The first-order valence-electron chi connectivity index (χ1n) is 4.82. The smallest absolute Gasteiger partial charge is 0.224 e. The van der Waals surface area contributed by atoms with Gasteiger partial charge >= 0.3 is 0 Å². The molecule has 0 aliphatic rings. The van der Waals surface area contributed by atoms with Crippen LogP contribution in [0, 0.1) is 5.82 Å². The van der Waals surface area contributed by atoms with Gasteiger partial charge in [-0.05, 0) is 34.1 Å². The largest absolute Gasteiger partial charge is 0.438 e. The molecule has 1 aromatic carbocycles. The molecule has 1 heterocycles. The Labute approximate surface area is 106 Å². The highest BCUT2D eigenvalue weighted by Gasteiger charge is 2.05. The van der Waals surface area contributed by atoms with Crippen molar-refractivity contribution in [1.82, 2.24) is 9.97 Å². The fourth-order valence-electron chi connectivity index (χ4n) is 1.20. The van der Waals surface area contributed by atoms with Gasteiger partial charge in [-0.15, -0.1) is 0 Å². The van der Waals surface area contributed by atoms with Crippen LogP contribution in [0.4, 0.5) is 10.2 Å². The Morgan fingerprint density at radius 3 is 2.82 bits per heavy atom. The van der Waals surface area contributed by atoms with Gasteiger partial charge in [0.1, 0.15) is 23.7 Å². The minimum absolute atomic E-state index is 0.331. The molecule has 0 aliphatic heterocycles. The number of ether oxygens (including phenoxy) is 1. The molecule has 0 aliphatic carbocycles. The zero-order valence-electron chi connectivity index (χ0n) is 8.95. The van der Waals surface area contributed by atoms with Crippen molar-refractivity contribution in [3.05, 3.63) is 40.9 Å². The number of rotatable bonds is 3. The fourth-order valence-corrected chi connectivity index (χ4v) is 1.63. The third-order valence-electron chi connectivity index (χ3n) is 2.01. The maximum absolute atomic E-state index is 12.9. The average Bonchev–Trinajstić information content (AvgIpc) is 2.33. The van der Waals surface area contributed by atoms with Crippen molar-refractivity contribution in [3.8, 4) is 11.6 Å². The molecule has 1 aromatic heterocycles. The van der Waals surface area contributed by atoms with E-state index in [1.165, 1.54) is 24.5 Å². The summed E-state index contributed by atoms with van der Waals surface area (Å²) in [5.74, 6) is 1.19. The molecule has 1 N–H and O–H groups in total. The van der Waals surface area contributed by atoms with Crippen molar-refractivity contribution in [2.24, 2.45) is 0 Å². The number of hydrogen-bond donors (Lipinski definition) is 1. The topological polar surface area (TPSA) is 47.0 Å². The molecular formula is C11H9BrFN3O. The van der Waals surface area contributed by atoms with E-state index in [1.807, 2.05) is 0 Å². The highest BCUT2D eigenvalue weighted by molar-refractivity contribution is 9.10. The molecule has 2 rings (SSSR count). The number of halogens is 2. The van der Waals surface area contributed by atoms with Crippen molar-refractivity contribution in [2.75, 3.05) is 12.4 Å². The third-order valence-corrected chi connectivity index (χ3v) is 2.63. The van der Waals surface area contributed by atoms with Crippen LogP contribution in [0.1, 0.15) is 0 Å². The molecule has 0 amide bonds. The molecule has 0 spiro atoms. The fraction of sp³-hybridized carbons (Fsp3) is 0.0909. The summed E-state index contributed by atoms with van der Waals surface area (Å²) in [5.41, 5.74) is 0. The van der Waals surface area contributed by atoms with E-state index in [0.717, 1.165) is 0 Å². The lowest BCUT2D eigenvalue weighted by molar-refractivity contribution is 0.457. The van der Waals surface area contributed by atoms with Crippen LogP contribution in [0.2, 0.25) is 0 Å². The lowest BCUT2D eigenvalue weighted by Gasteiger charge is -2.07. The highest BCUT2D eigenvalue weighted by atomic mass is 79.9. The second-order valence-corrected chi connectivity index (χ2v) is 4.02. The molecule has 0 unspecified atom stereocenters. The summed E-state index contributed by atoms with van der Waals surface area (Å²) in [6.07, 6.45) is 1.39. The van der Waals surface area contributed by atoms with Crippen molar-refractivity contribution in [1.29, 1.82) is 0 Å². The zero-order chi connectivity index (χ0) is 12.3. The predicted molar refractivity (Wildman–Crippen MR) is 65.8 cm³/mol. The maximum atomic E-state index is 12.9. The number of aromatic nitrogens is 2. The summed E-state index contributed by atoms with van der Waals surface area (Å²) in [4.78, 5) is 7.92. The van der Waals surface area contributed by atoms with Gasteiger partial charge in [-0.2, -0.15) is 0 Å².